The van der Waals surface area contributed by atoms with Crippen LogP contribution in [-0.2, 0) is 11.3 Å². The minimum absolute atomic E-state index is 0.0165. The topological polar surface area (TPSA) is 106 Å². The number of methoxy groups -OCH3 is 2. The number of rotatable bonds is 7. The Kier molecular flexibility index (Phi) is 7.00. The molecule has 2 heterocycles. The van der Waals surface area contributed by atoms with E-state index in [9.17, 15) is 14.7 Å². The third kappa shape index (κ3) is 4.89. The molecule has 1 atom stereocenters. The van der Waals surface area contributed by atoms with E-state index < -0.39 is 11.2 Å². The zero-order valence-electron chi connectivity index (χ0n) is 18.4. The molecular weight excluding hydrogens is 442 g/mol. The van der Waals surface area contributed by atoms with Gasteiger partial charge in [0.05, 0.1) is 18.5 Å². The molecule has 1 aliphatic heterocycles. The van der Waals surface area contributed by atoms with E-state index in [0.717, 1.165) is 20.8 Å². The number of nitrogens with zero attached hydrogens (tertiary/aromatic N) is 2. The quantitative estimate of drug-likeness (QED) is 0.514. The number of aliphatic imine (C=N–C) groups is 1. The Hall–Kier alpha value is -3.30. The summed E-state index contributed by atoms with van der Waals surface area (Å²) in [6, 6.07) is 15.4. The molecule has 1 aromatic heterocycles. The largest absolute Gasteiger partial charge is 0.497 e. The average Bonchev–Trinajstić information content (AvgIpc) is 3.01. The number of thioether (sulfide) groups is 1. The third-order valence-corrected chi connectivity index (χ3v) is 6.77. The van der Waals surface area contributed by atoms with Crippen LogP contribution in [0.25, 0.3) is 0 Å². The van der Waals surface area contributed by atoms with Crippen LogP contribution < -0.4 is 16.0 Å². The highest BCUT2D eigenvalue weighted by molar-refractivity contribution is 7.99. The summed E-state index contributed by atoms with van der Waals surface area (Å²) in [5, 5.41) is 10.9. The summed E-state index contributed by atoms with van der Waals surface area (Å²) in [7, 11) is 3.18. The van der Waals surface area contributed by atoms with Gasteiger partial charge >= 0.3 is 5.69 Å². The van der Waals surface area contributed by atoms with Gasteiger partial charge in [-0.2, -0.15) is 0 Å². The number of aromatic nitrogens is 2. The maximum absolute atomic E-state index is 12.8. The predicted octanol–water partition coefficient (Wildman–Crippen LogP) is 3.65. The maximum Gasteiger partial charge on any atom is 0.331 e. The number of hydrogen-bond donors (Lipinski definition) is 2. The highest BCUT2D eigenvalue weighted by Gasteiger charge is 2.27. The molecule has 172 valence electrons. The molecule has 2 aromatic carbocycles. The van der Waals surface area contributed by atoms with Gasteiger partial charge in [0.25, 0.3) is 5.56 Å². The molecule has 0 fully saturated rings. The molecule has 0 unspecified atom stereocenters. The Morgan fingerprint density at radius 1 is 1.15 bits per heavy atom. The van der Waals surface area contributed by atoms with E-state index >= 15 is 0 Å². The minimum atomic E-state index is -0.659. The van der Waals surface area contributed by atoms with Crippen molar-refractivity contribution in [2.75, 3.05) is 20.8 Å². The zero-order chi connectivity index (χ0) is 23.4. The summed E-state index contributed by atoms with van der Waals surface area (Å²) < 4.78 is 11.5. The van der Waals surface area contributed by atoms with Crippen molar-refractivity contribution in [2.24, 2.45) is 4.99 Å². The summed E-state index contributed by atoms with van der Waals surface area (Å²) in [5.41, 5.74) is 0.875. The standard InChI is InChI=1S/C24H25N3O5S/c1-31-13-5-12-27-23(29)21(22(28)26-24(27)30)18-14-20(15-8-10-16(32-2)11-9-15)33-19-7-4-3-6-17(19)25-18/h3-4,6-11,20,29H,5,12-14H2,1-2H3,(H,26,28,30)/t20-/m1/s1. The van der Waals surface area contributed by atoms with Crippen molar-refractivity contribution in [3.63, 3.8) is 0 Å². The lowest BCUT2D eigenvalue weighted by Gasteiger charge is -2.17. The first-order valence-corrected chi connectivity index (χ1v) is 11.4. The van der Waals surface area contributed by atoms with Crippen LogP contribution >= 0.6 is 11.8 Å². The van der Waals surface area contributed by atoms with Gasteiger partial charge in [-0.25, -0.2) is 4.79 Å². The number of aromatic amines is 1. The van der Waals surface area contributed by atoms with Crippen molar-refractivity contribution >= 4 is 23.2 Å². The summed E-state index contributed by atoms with van der Waals surface area (Å²) in [6.45, 7) is 0.633. The average molecular weight is 468 g/mol. The molecule has 33 heavy (non-hydrogen) atoms. The summed E-state index contributed by atoms with van der Waals surface area (Å²) in [5.74, 6) is 0.375. The Balaban J connectivity index is 1.81. The fraction of sp³-hybridized carbons (Fsp3) is 0.292. The molecule has 1 aliphatic rings. The van der Waals surface area contributed by atoms with Crippen molar-refractivity contribution in [1.29, 1.82) is 0 Å². The molecule has 0 bridgehead atoms. The van der Waals surface area contributed by atoms with Crippen LogP contribution in [0.1, 0.15) is 29.2 Å². The zero-order valence-corrected chi connectivity index (χ0v) is 19.2. The number of H-pyrrole nitrogens is 1. The lowest BCUT2D eigenvalue weighted by atomic mass is 10.0. The molecule has 8 nitrogen and oxygen atoms in total. The number of nitrogens with one attached hydrogen (secondary N) is 1. The van der Waals surface area contributed by atoms with Crippen LogP contribution in [0.15, 0.2) is 68.0 Å². The van der Waals surface area contributed by atoms with Gasteiger partial charge in [0.1, 0.15) is 11.3 Å². The molecule has 9 heteroatoms. The molecule has 4 rings (SSSR count). The molecule has 2 N–H and O–H groups in total. The van der Waals surface area contributed by atoms with Gasteiger partial charge in [-0.1, -0.05) is 24.3 Å². The first-order valence-electron chi connectivity index (χ1n) is 10.5. The molecule has 0 aliphatic carbocycles. The number of para-hydroxylation sites is 1. The van der Waals surface area contributed by atoms with Crippen LogP contribution in [-0.4, -0.2) is 41.2 Å². The summed E-state index contributed by atoms with van der Waals surface area (Å²) in [6.07, 6.45) is 0.897. The van der Waals surface area contributed by atoms with Gasteiger partial charge in [0.15, 0.2) is 0 Å². The van der Waals surface area contributed by atoms with E-state index in [1.807, 2.05) is 48.5 Å². The first-order chi connectivity index (χ1) is 16.0. The van der Waals surface area contributed by atoms with Crippen molar-refractivity contribution in [3.8, 4) is 11.6 Å². The number of hydrogen-bond acceptors (Lipinski definition) is 7. The molecule has 0 radical (unpaired) electrons. The van der Waals surface area contributed by atoms with Gasteiger partial charge in [0.2, 0.25) is 5.88 Å². The normalized spacial score (nSPS) is 15.5. The summed E-state index contributed by atoms with van der Waals surface area (Å²) >= 11 is 1.64. The lowest BCUT2D eigenvalue weighted by molar-refractivity contribution is 0.188. The summed E-state index contributed by atoms with van der Waals surface area (Å²) in [4.78, 5) is 33.3. The van der Waals surface area contributed by atoms with E-state index in [2.05, 4.69) is 4.98 Å². The van der Waals surface area contributed by atoms with Gasteiger partial charge in [-0.15, -0.1) is 11.8 Å². The first kappa shape index (κ1) is 22.9. The molecule has 0 saturated heterocycles. The van der Waals surface area contributed by atoms with E-state index in [1.165, 1.54) is 0 Å². The minimum Gasteiger partial charge on any atom is -0.497 e. The van der Waals surface area contributed by atoms with Crippen molar-refractivity contribution in [2.45, 2.75) is 29.5 Å². The number of benzene rings is 2. The Bertz CT molecular complexity index is 1280. The molecular formula is C24H25N3O5S. The Morgan fingerprint density at radius 2 is 1.91 bits per heavy atom. The predicted molar refractivity (Wildman–Crippen MR) is 128 cm³/mol. The number of fused-ring (bicyclic) bond motifs is 1. The fourth-order valence-corrected chi connectivity index (χ4v) is 5.00. The van der Waals surface area contributed by atoms with E-state index in [0.29, 0.717) is 30.8 Å². The van der Waals surface area contributed by atoms with Crippen molar-refractivity contribution < 1.29 is 14.6 Å². The van der Waals surface area contributed by atoms with Crippen molar-refractivity contribution in [3.05, 3.63) is 80.5 Å². The second-order valence-electron chi connectivity index (χ2n) is 7.57. The van der Waals surface area contributed by atoms with E-state index in [1.54, 1.807) is 26.0 Å². The Labute approximate surface area is 194 Å². The molecule has 0 saturated carbocycles. The SMILES string of the molecule is COCCCn1c(O)c(C2=Nc3ccccc3S[C@@H](c3ccc(OC)cc3)C2)c(=O)[nH]c1=O. The maximum atomic E-state index is 12.8. The third-order valence-electron chi connectivity index (χ3n) is 5.45. The number of aromatic hydroxyl groups is 1. The molecule has 3 aromatic rings. The second-order valence-corrected chi connectivity index (χ2v) is 8.81. The Morgan fingerprint density at radius 3 is 2.64 bits per heavy atom. The molecule has 0 spiro atoms. The van der Waals surface area contributed by atoms with Gasteiger partial charge in [-0.05, 0) is 36.2 Å². The second kappa shape index (κ2) is 10.1. The van der Waals surface area contributed by atoms with Crippen LogP contribution in [0.3, 0.4) is 0 Å². The van der Waals surface area contributed by atoms with Gasteiger partial charge in [0, 0.05) is 36.8 Å². The lowest BCUT2D eigenvalue weighted by Crippen LogP contribution is -2.34. The van der Waals surface area contributed by atoms with E-state index in [-0.39, 0.29) is 23.2 Å². The fourth-order valence-electron chi connectivity index (χ4n) is 3.77. The van der Waals surface area contributed by atoms with E-state index in [4.69, 9.17) is 14.5 Å². The van der Waals surface area contributed by atoms with Crippen molar-refractivity contribution in [1.82, 2.24) is 9.55 Å². The molecule has 0 amide bonds. The van der Waals surface area contributed by atoms with Crippen LogP contribution in [0.4, 0.5) is 5.69 Å². The van der Waals surface area contributed by atoms with Crippen LogP contribution in [0.5, 0.6) is 11.6 Å². The highest BCUT2D eigenvalue weighted by Crippen LogP contribution is 2.45. The smallest absolute Gasteiger partial charge is 0.331 e. The number of ether oxygens (including phenoxy) is 2. The monoisotopic (exact) mass is 467 g/mol. The highest BCUT2D eigenvalue weighted by atomic mass is 32.2. The van der Waals surface area contributed by atoms with Crippen LogP contribution in [0, 0.1) is 0 Å². The van der Waals surface area contributed by atoms with Gasteiger partial charge in [-0.3, -0.25) is 19.3 Å². The van der Waals surface area contributed by atoms with Gasteiger partial charge < -0.3 is 14.6 Å². The van der Waals surface area contributed by atoms with Crippen LogP contribution in [0.2, 0.25) is 0 Å².